The summed E-state index contributed by atoms with van der Waals surface area (Å²) < 4.78 is 1.90. The lowest BCUT2D eigenvalue weighted by molar-refractivity contribution is -0.132. The molecule has 3 N–H and O–H groups in total. The zero-order chi connectivity index (χ0) is 22.0. The van der Waals surface area contributed by atoms with Crippen LogP contribution in [0.4, 0.5) is 5.82 Å². The van der Waals surface area contributed by atoms with Crippen molar-refractivity contribution in [2.75, 3.05) is 38.0 Å². The zero-order valence-corrected chi connectivity index (χ0v) is 17.8. The molecule has 2 aromatic rings. The number of hydrogen-bond donors (Lipinski definition) is 3. The topological polar surface area (TPSA) is 129 Å². The number of fused-ring (bicyclic) bond motifs is 1. The van der Waals surface area contributed by atoms with Crippen LogP contribution in [0.1, 0.15) is 28.7 Å². The molecule has 0 radical (unpaired) electrons. The molecule has 11 heteroatoms. The molecular weight excluding hydrogens is 400 g/mol. The molecule has 2 amide bonds. The minimum Gasteiger partial charge on any atom is -0.390 e. The lowest BCUT2D eigenvalue weighted by Crippen LogP contribution is -2.56. The number of nitrogens with one attached hydrogen (secondary N) is 2. The van der Waals surface area contributed by atoms with E-state index < -0.39 is 6.10 Å². The van der Waals surface area contributed by atoms with E-state index in [4.69, 9.17) is 0 Å². The maximum absolute atomic E-state index is 12.5. The van der Waals surface area contributed by atoms with Crippen molar-refractivity contribution in [1.29, 1.82) is 0 Å². The van der Waals surface area contributed by atoms with Crippen molar-refractivity contribution in [2.24, 2.45) is 7.05 Å². The highest BCUT2D eigenvalue weighted by atomic mass is 16.3. The van der Waals surface area contributed by atoms with Crippen molar-refractivity contribution in [2.45, 2.75) is 32.0 Å². The van der Waals surface area contributed by atoms with Gasteiger partial charge >= 0.3 is 0 Å². The summed E-state index contributed by atoms with van der Waals surface area (Å²) in [5.74, 6) is 0.218. The predicted octanol–water partition coefficient (Wildman–Crippen LogP) is -0.998. The number of nitrogens with zero attached hydrogens (tertiary/aromatic N) is 6. The first-order chi connectivity index (χ1) is 14.9. The minimum absolute atomic E-state index is 0.0461. The third kappa shape index (κ3) is 5.00. The number of amides is 2. The number of hydrogen-bond acceptors (Lipinski definition) is 8. The van der Waals surface area contributed by atoms with E-state index in [1.54, 1.807) is 17.9 Å². The highest BCUT2D eigenvalue weighted by molar-refractivity contribution is 5.92. The second-order valence-electron chi connectivity index (χ2n) is 8.14. The summed E-state index contributed by atoms with van der Waals surface area (Å²) in [5.41, 5.74) is 2.65. The molecule has 1 saturated heterocycles. The van der Waals surface area contributed by atoms with Gasteiger partial charge in [0.1, 0.15) is 17.8 Å². The first-order valence-corrected chi connectivity index (χ1v) is 10.4. The fourth-order valence-electron chi connectivity index (χ4n) is 3.96. The number of aromatic nitrogens is 4. The van der Waals surface area contributed by atoms with E-state index in [2.05, 4.69) is 30.6 Å². The summed E-state index contributed by atoms with van der Waals surface area (Å²) in [6.07, 6.45) is 3.41. The molecule has 1 fully saturated rings. The largest absolute Gasteiger partial charge is 0.390 e. The highest BCUT2D eigenvalue weighted by Gasteiger charge is 2.28. The van der Waals surface area contributed by atoms with Gasteiger partial charge in [-0.25, -0.2) is 9.97 Å². The van der Waals surface area contributed by atoms with Gasteiger partial charge in [-0.1, -0.05) is 0 Å². The first-order valence-electron chi connectivity index (χ1n) is 10.4. The SMILES string of the molecule is CC(=O)N1CC(Nc2cc(C(=O)NCC(O)CN3CCc4c(cnn4C)C3)ncn2)C1. The fourth-order valence-corrected chi connectivity index (χ4v) is 3.96. The molecule has 11 nitrogen and oxygen atoms in total. The summed E-state index contributed by atoms with van der Waals surface area (Å²) in [7, 11) is 1.94. The number of aryl methyl sites for hydroxylation is 1. The van der Waals surface area contributed by atoms with Crippen molar-refractivity contribution < 1.29 is 14.7 Å². The Labute approximate surface area is 180 Å². The third-order valence-corrected chi connectivity index (χ3v) is 5.75. The summed E-state index contributed by atoms with van der Waals surface area (Å²) in [4.78, 5) is 35.8. The summed E-state index contributed by atoms with van der Waals surface area (Å²) in [5, 5.41) is 20.6. The van der Waals surface area contributed by atoms with Gasteiger partial charge in [0.05, 0.1) is 18.3 Å². The number of aliphatic hydroxyl groups excluding tert-OH is 1. The maximum atomic E-state index is 12.5. The molecule has 4 heterocycles. The number of anilines is 1. The molecular formula is C20H28N8O3. The number of aliphatic hydroxyl groups is 1. The van der Waals surface area contributed by atoms with Gasteiger partial charge in [0, 0.05) is 77.0 Å². The van der Waals surface area contributed by atoms with E-state index >= 15 is 0 Å². The average molecular weight is 428 g/mol. The Hall–Kier alpha value is -3.05. The number of likely N-dealkylation sites (tertiary alicyclic amines) is 1. The number of rotatable bonds is 7. The summed E-state index contributed by atoms with van der Waals surface area (Å²) in [6.45, 7) is 4.98. The molecule has 1 unspecified atom stereocenters. The molecule has 0 bridgehead atoms. The van der Waals surface area contributed by atoms with Crippen LogP contribution in [0.3, 0.4) is 0 Å². The maximum Gasteiger partial charge on any atom is 0.270 e. The Morgan fingerprint density at radius 2 is 2.13 bits per heavy atom. The Bertz CT molecular complexity index is 956. The standard InChI is InChI=1S/C20H28N8O3/c1-13(29)28-9-15(10-28)25-19-5-17(22-12-23-19)20(31)21-7-16(30)11-27-4-3-18-14(8-27)6-24-26(18)2/h5-6,12,15-16,30H,3-4,7-11H2,1-2H3,(H,21,31)(H,22,23,25). The van der Waals surface area contributed by atoms with Gasteiger partial charge in [0.25, 0.3) is 5.91 Å². The van der Waals surface area contributed by atoms with Crippen LogP contribution in [0.25, 0.3) is 0 Å². The van der Waals surface area contributed by atoms with E-state index in [-0.39, 0.29) is 30.1 Å². The normalized spacial score (nSPS) is 17.6. The number of β-amino-alcohol motifs (C(OH)–C–C–N with tert-alkyl or cyclic N) is 1. The lowest BCUT2D eigenvalue weighted by atomic mass is 10.1. The molecule has 4 rings (SSSR count). The van der Waals surface area contributed by atoms with Crippen LogP contribution in [0.15, 0.2) is 18.6 Å². The second kappa shape index (κ2) is 8.98. The second-order valence-corrected chi connectivity index (χ2v) is 8.14. The smallest absolute Gasteiger partial charge is 0.270 e. The van der Waals surface area contributed by atoms with Gasteiger partial charge in [-0.05, 0) is 0 Å². The van der Waals surface area contributed by atoms with Crippen molar-refractivity contribution in [3.63, 3.8) is 0 Å². The molecule has 1 atom stereocenters. The van der Waals surface area contributed by atoms with Crippen LogP contribution in [0.2, 0.25) is 0 Å². The third-order valence-electron chi connectivity index (χ3n) is 5.75. The quantitative estimate of drug-likeness (QED) is 0.512. The van der Waals surface area contributed by atoms with Gasteiger partial charge in [-0.3, -0.25) is 19.2 Å². The summed E-state index contributed by atoms with van der Waals surface area (Å²) >= 11 is 0. The van der Waals surface area contributed by atoms with E-state index in [1.807, 2.05) is 17.9 Å². The van der Waals surface area contributed by atoms with Gasteiger partial charge in [-0.2, -0.15) is 5.10 Å². The van der Waals surface area contributed by atoms with Gasteiger partial charge < -0.3 is 20.6 Å². The minimum atomic E-state index is -0.686. The lowest BCUT2D eigenvalue weighted by Gasteiger charge is -2.39. The molecule has 2 aliphatic heterocycles. The molecule has 31 heavy (non-hydrogen) atoms. The Kier molecular flexibility index (Phi) is 6.14. The Morgan fingerprint density at radius 3 is 2.90 bits per heavy atom. The van der Waals surface area contributed by atoms with E-state index in [9.17, 15) is 14.7 Å². The van der Waals surface area contributed by atoms with E-state index in [1.165, 1.54) is 17.6 Å². The molecule has 166 valence electrons. The highest BCUT2D eigenvalue weighted by Crippen LogP contribution is 2.18. The fraction of sp³-hybridized carbons (Fsp3) is 0.550. The molecule has 0 spiro atoms. The van der Waals surface area contributed by atoms with Crippen molar-refractivity contribution >= 4 is 17.6 Å². The van der Waals surface area contributed by atoms with Crippen LogP contribution in [-0.2, 0) is 24.8 Å². The van der Waals surface area contributed by atoms with Crippen LogP contribution in [0, 0.1) is 0 Å². The van der Waals surface area contributed by atoms with Crippen molar-refractivity contribution in [3.8, 4) is 0 Å². The Balaban J connectivity index is 1.23. The van der Waals surface area contributed by atoms with Gasteiger partial charge in [0.15, 0.2) is 0 Å². The summed E-state index contributed by atoms with van der Waals surface area (Å²) in [6, 6.07) is 1.69. The van der Waals surface area contributed by atoms with E-state index in [0.717, 1.165) is 19.5 Å². The predicted molar refractivity (Wildman–Crippen MR) is 112 cm³/mol. The van der Waals surface area contributed by atoms with Crippen molar-refractivity contribution in [1.82, 2.24) is 34.9 Å². The van der Waals surface area contributed by atoms with Crippen LogP contribution < -0.4 is 10.6 Å². The average Bonchev–Trinajstić information content (AvgIpc) is 3.08. The molecule has 2 aromatic heterocycles. The molecule has 0 aliphatic carbocycles. The van der Waals surface area contributed by atoms with Crippen LogP contribution in [-0.4, -0.2) is 91.3 Å². The van der Waals surface area contributed by atoms with Gasteiger partial charge in [-0.15, -0.1) is 0 Å². The zero-order valence-electron chi connectivity index (χ0n) is 17.8. The Morgan fingerprint density at radius 1 is 1.32 bits per heavy atom. The van der Waals surface area contributed by atoms with Crippen LogP contribution >= 0.6 is 0 Å². The monoisotopic (exact) mass is 428 g/mol. The van der Waals surface area contributed by atoms with Crippen LogP contribution in [0.5, 0.6) is 0 Å². The van der Waals surface area contributed by atoms with E-state index in [0.29, 0.717) is 25.5 Å². The molecule has 0 saturated carbocycles. The molecule has 2 aliphatic rings. The molecule has 0 aromatic carbocycles. The first kappa shape index (κ1) is 21.2. The number of carbonyl (C=O) groups excluding carboxylic acids is 2. The van der Waals surface area contributed by atoms with Crippen molar-refractivity contribution in [3.05, 3.63) is 35.5 Å². The number of carbonyl (C=O) groups is 2. The van der Waals surface area contributed by atoms with Gasteiger partial charge in [0.2, 0.25) is 5.91 Å².